The normalized spacial score (nSPS) is 10.9. The number of carbonyl (C=O) groups is 1. The number of unbranched alkanes of at least 4 members (excludes halogenated alkanes) is 3. The van der Waals surface area contributed by atoms with Crippen LogP contribution in [-0.2, 0) is 14.3 Å². The van der Waals surface area contributed by atoms with Crippen LogP contribution in [0.4, 0.5) is 0 Å². The van der Waals surface area contributed by atoms with Crippen LogP contribution in [0.5, 0.6) is 0 Å². The lowest BCUT2D eigenvalue weighted by atomic mass is 10.2. The number of nitrogens with one attached hydrogen (secondary N) is 1. The summed E-state index contributed by atoms with van der Waals surface area (Å²) in [5, 5.41) is 6.21. The van der Waals surface area contributed by atoms with Gasteiger partial charge in [-0.3, -0.25) is 8.98 Å². The third-order valence-electron chi connectivity index (χ3n) is 3.19. The van der Waals surface area contributed by atoms with Crippen molar-refractivity contribution in [1.82, 2.24) is 5.32 Å². The van der Waals surface area contributed by atoms with Crippen molar-refractivity contribution in [2.75, 3.05) is 19.7 Å². The number of benzene rings is 1. The topological polar surface area (TPSA) is 121 Å². The standard InChI is InChI=1S/C15H22N4O4S/c1-2-23-24(21,22)14-9-7-8-13(12-14)15(20)17-10-5-3-4-6-11-18-19-16/h7-9,12H,2-6,10-11H2,1H3,(H,17,20). The largest absolute Gasteiger partial charge is 0.352 e. The van der Waals surface area contributed by atoms with E-state index in [9.17, 15) is 13.2 Å². The van der Waals surface area contributed by atoms with Gasteiger partial charge in [-0.15, -0.1) is 0 Å². The van der Waals surface area contributed by atoms with Crippen molar-refractivity contribution in [2.24, 2.45) is 5.11 Å². The van der Waals surface area contributed by atoms with Gasteiger partial charge >= 0.3 is 0 Å². The van der Waals surface area contributed by atoms with Crippen molar-refractivity contribution >= 4 is 16.0 Å². The zero-order valence-electron chi connectivity index (χ0n) is 13.6. The number of amides is 1. The smallest absolute Gasteiger partial charge is 0.296 e. The Labute approximate surface area is 142 Å². The molecule has 132 valence electrons. The van der Waals surface area contributed by atoms with Crippen molar-refractivity contribution in [3.05, 3.63) is 40.3 Å². The van der Waals surface area contributed by atoms with Crippen LogP contribution in [0.1, 0.15) is 43.0 Å². The molecule has 0 bridgehead atoms. The van der Waals surface area contributed by atoms with Crippen molar-refractivity contribution in [2.45, 2.75) is 37.5 Å². The van der Waals surface area contributed by atoms with E-state index in [0.717, 1.165) is 25.7 Å². The van der Waals surface area contributed by atoms with Crippen LogP contribution in [0.3, 0.4) is 0 Å². The highest BCUT2D eigenvalue weighted by Crippen LogP contribution is 2.14. The Morgan fingerprint density at radius 1 is 1.29 bits per heavy atom. The van der Waals surface area contributed by atoms with E-state index < -0.39 is 10.1 Å². The highest BCUT2D eigenvalue weighted by Gasteiger charge is 2.16. The van der Waals surface area contributed by atoms with Crippen LogP contribution in [0, 0.1) is 0 Å². The van der Waals surface area contributed by atoms with Gasteiger partial charge in [0.2, 0.25) is 0 Å². The molecule has 1 N–H and O–H groups in total. The average molecular weight is 354 g/mol. The maximum atomic E-state index is 12.1. The van der Waals surface area contributed by atoms with Crippen molar-refractivity contribution in [1.29, 1.82) is 0 Å². The highest BCUT2D eigenvalue weighted by atomic mass is 32.2. The van der Waals surface area contributed by atoms with E-state index in [1.807, 2.05) is 0 Å². The zero-order chi connectivity index (χ0) is 17.8. The summed E-state index contributed by atoms with van der Waals surface area (Å²) in [6, 6.07) is 5.77. The molecule has 0 aromatic heterocycles. The number of hydrogen-bond acceptors (Lipinski definition) is 5. The second-order valence-corrected chi connectivity index (χ2v) is 6.63. The lowest BCUT2D eigenvalue weighted by molar-refractivity contribution is 0.0952. The first-order valence-electron chi connectivity index (χ1n) is 7.80. The highest BCUT2D eigenvalue weighted by molar-refractivity contribution is 7.86. The molecule has 9 heteroatoms. The summed E-state index contributed by atoms with van der Waals surface area (Å²) >= 11 is 0. The van der Waals surface area contributed by atoms with Crippen LogP contribution in [0.15, 0.2) is 34.3 Å². The molecule has 0 aliphatic carbocycles. The molecule has 0 aliphatic heterocycles. The van der Waals surface area contributed by atoms with Crippen molar-refractivity contribution in [3.63, 3.8) is 0 Å². The molecule has 0 atom stereocenters. The molecule has 1 rings (SSSR count). The van der Waals surface area contributed by atoms with Gasteiger partial charge in [0.25, 0.3) is 16.0 Å². The number of hydrogen-bond donors (Lipinski definition) is 1. The first-order valence-corrected chi connectivity index (χ1v) is 9.20. The molecule has 1 amide bonds. The lowest BCUT2D eigenvalue weighted by Gasteiger charge is -2.07. The Balaban J connectivity index is 2.44. The van der Waals surface area contributed by atoms with E-state index in [-0.39, 0.29) is 23.0 Å². The van der Waals surface area contributed by atoms with Crippen LogP contribution in [-0.4, -0.2) is 34.0 Å². The van der Waals surface area contributed by atoms with E-state index in [1.54, 1.807) is 13.0 Å². The minimum atomic E-state index is -3.82. The van der Waals surface area contributed by atoms with E-state index >= 15 is 0 Å². The Bertz CT molecular complexity index is 684. The number of azide groups is 1. The van der Waals surface area contributed by atoms with Crippen LogP contribution < -0.4 is 5.32 Å². The van der Waals surface area contributed by atoms with Gasteiger partial charge in [0.15, 0.2) is 0 Å². The predicted octanol–water partition coefficient (Wildman–Crippen LogP) is 3.01. The van der Waals surface area contributed by atoms with E-state index in [4.69, 9.17) is 9.71 Å². The Kier molecular flexibility index (Phi) is 8.85. The molecule has 0 fully saturated rings. The third-order valence-corrected chi connectivity index (χ3v) is 4.57. The summed E-state index contributed by atoms with van der Waals surface area (Å²) in [7, 11) is -3.82. The molecule has 0 spiro atoms. The Morgan fingerprint density at radius 3 is 2.75 bits per heavy atom. The van der Waals surface area contributed by atoms with Gasteiger partial charge in [0.1, 0.15) is 0 Å². The fourth-order valence-corrected chi connectivity index (χ4v) is 2.99. The van der Waals surface area contributed by atoms with Gasteiger partial charge in [-0.25, -0.2) is 0 Å². The zero-order valence-corrected chi connectivity index (χ0v) is 14.5. The quantitative estimate of drug-likeness (QED) is 0.216. The predicted molar refractivity (Wildman–Crippen MR) is 90.1 cm³/mol. The molecular weight excluding hydrogens is 332 g/mol. The molecule has 0 heterocycles. The molecule has 0 saturated heterocycles. The van der Waals surface area contributed by atoms with Gasteiger partial charge in [-0.1, -0.05) is 24.0 Å². The summed E-state index contributed by atoms with van der Waals surface area (Å²) in [5.41, 5.74) is 8.42. The van der Waals surface area contributed by atoms with Crippen molar-refractivity contribution < 1.29 is 17.4 Å². The summed E-state index contributed by atoms with van der Waals surface area (Å²) < 4.78 is 28.4. The fraction of sp³-hybridized carbons (Fsp3) is 0.533. The first-order chi connectivity index (χ1) is 11.5. The maximum absolute atomic E-state index is 12.1. The minimum absolute atomic E-state index is 0.0324. The van der Waals surface area contributed by atoms with Gasteiger partial charge in [-0.05, 0) is 43.5 Å². The lowest BCUT2D eigenvalue weighted by Crippen LogP contribution is -2.24. The molecule has 1 aromatic carbocycles. The molecule has 0 aliphatic rings. The van der Waals surface area contributed by atoms with Crippen LogP contribution in [0.2, 0.25) is 0 Å². The SMILES string of the molecule is CCOS(=O)(=O)c1cccc(C(=O)NCCCCCCN=[N+]=[N-])c1. The third kappa shape index (κ3) is 6.99. The molecule has 24 heavy (non-hydrogen) atoms. The fourth-order valence-electron chi connectivity index (χ4n) is 2.03. The van der Waals surface area contributed by atoms with Gasteiger partial charge in [0.05, 0.1) is 11.5 Å². The molecule has 1 aromatic rings. The number of rotatable bonds is 11. The second-order valence-electron chi connectivity index (χ2n) is 5.01. The summed E-state index contributed by atoms with van der Waals surface area (Å²) in [6.45, 7) is 2.62. The average Bonchev–Trinajstić information content (AvgIpc) is 2.57. The minimum Gasteiger partial charge on any atom is -0.352 e. The van der Waals surface area contributed by atoms with Gasteiger partial charge in [-0.2, -0.15) is 8.42 Å². The summed E-state index contributed by atoms with van der Waals surface area (Å²) in [5.74, 6) is -0.322. The van der Waals surface area contributed by atoms with E-state index in [2.05, 4.69) is 15.3 Å². The van der Waals surface area contributed by atoms with Crippen LogP contribution in [0.25, 0.3) is 10.4 Å². The van der Waals surface area contributed by atoms with E-state index in [1.165, 1.54) is 18.2 Å². The molecule has 8 nitrogen and oxygen atoms in total. The van der Waals surface area contributed by atoms with Crippen LogP contribution >= 0.6 is 0 Å². The molecule has 0 radical (unpaired) electrons. The maximum Gasteiger partial charge on any atom is 0.296 e. The Hall–Kier alpha value is -2.09. The van der Waals surface area contributed by atoms with Gasteiger partial charge in [0, 0.05) is 23.6 Å². The van der Waals surface area contributed by atoms with Crippen molar-refractivity contribution in [3.8, 4) is 0 Å². The first kappa shape index (κ1) is 20.0. The van der Waals surface area contributed by atoms with Gasteiger partial charge < -0.3 is 5.32 Å². The summed E-state index contributed by atoms with van der Waals surface area (Å²) in [6.07, 6.45) is 3.48. The number of nitrogens with zero attached hydrogens (tertiary/aromatic N) is 3. The Morgan fingerprint density at radius 2 is 2.04 bits per heavy atom. The molecule has 0 saturated carbocycles. The monoisotopic (exact) mass is 354 g/mol. The number of carbonyl (C=O) groups excluding carboxylic acids is 1. The molecule has 0 unspecified atom stereocenters. The van der Waals surface area contributed by atoms with E-state index in [0.29, 0.717) is 13.1 Å². The second kappa shape index (κ2) is 10.6. The molecular formula is C15H22N4O4S. The summed E-state index contributed by atoms with van der Waals surface area (Å²) in [4.78, 5) is 14.7.